The summed E-state index contributed by atoms with van der Waals surface area (Å²) < 4.78 is 1.82. The van der Waals surface area contributed by atoms with Gasteiger partial charge in [-0.05, 0) is 17.9 Å². The summed E-state index contributed by atoms with van der Waals surface area (Å²) in [5, 5.41) is 4.19. The molecule has 3 rings (SSSR count). The van der Waals surface area contributed by atoms with Gasteiger partial charge in [-0.3, -0.25) is 0 Å². The fraction of sp³-hybridized carbons (Fsp3) is 0.286. The van der Waals surface area contributed by atoms with Gasteiger partial charge in [0.05, 0.1) is 11.9 Å². The van der Waals surface area contributed by atoms with E-state index < -0.39 is 0 Å². The molecule has 4 heteroatoms. The van der Waals surface area contributed by atoms with Gasteiger partial charge in [-0.2, -0.15) is 5.10 Å². The van der Waals surface area contributed by atoms with E-state index in [0.29, 0.717) is 5.92 Å². The van der Waals surface area contributed by atoms with Crippen molar-refractivity contribution in [2.75, 3.05) is 0 Å². The Kier molecular flexibility index (Phi) is 2.88. The Bertz CT molecular complexity index is 621. The van der Waals surface area contributed by atoms with Gasteiger partial charge in [0, 0.05) is 5.56 Å². The quantitative estimate of drug-likeness (QED) is 0.717. The standard InChI is InChI=1S/C14H15N3S/c1-10(2)7-11-3-5-12(6-4-11)13-8-17-14(16-13)18-9-15-17/h3-6,8-10H,7H2,1-2H3. The first-order valence-corrected chi connectivity index (χ1v) is 6.98. The number of imidazole rings is 1. The summed E-state index contributed by atoms with van der Waals surface area (Å²) >= 11 is 1.56. The third-order valence-corrected chi connectivity index (χ3v) is 3.57. The van der Waals surface area contributed by atoms with Crippen molar-refractivity contribution < 1.29 is 0 Å². The van der Waals surface area contributed by atoms with Crippen molar-refractivity contribution in [1.82, 2.24) is 14.6 Å². The van der Waals surface area contributed by atoms with Crippen molar-refractivity contribution in [3.8, 4) is 11.3 Å². The SMILES string of the molecule is CC(C)Cc1ccc(-c2cn3ncsc3n2)cc1. The van der Waals surface area contributed by atoms with Crippen LogP contribution in [0.5, 0.6) is 0 Å². The lowest BCUT2D eigenvalue weighted by atomic mass is 10.0. The predicted molar refractivity (Wildman–Crippen MR) is 74.8 cm³/mol. The molecule has 0 aliphatic heterocycles. The third kappa shape index (κ3) is 2.16. The number of hydrogen-bond acceptors (Lipinski definition) is 3. The summed E-state index contributed by atoms with van der Waals surface area (Å²) in [6.07, 6.45) is 3.10. The second-order valence-electron chi connectivity index (χ2n) is 4.89. The first-order valence-electron chi connectivity index (χ1n) is 6.10. The van der Waals surface area contributed by atoms with Crippen LogP contribution in [0.25, 0.3) is 16.2 Å². The Balaban J connectivity index is 1.90. The first kappa shape index (κ1) is 11.4. The number of fused-ring (bicyclic) bond motifs is 1. The van der Waals surface area contributed by atoms with Crippen molar-refractivity contribution in [3.63, 3.8) is 0 Å². The van der Waals surface area contributed by atoms with Gasteiger partial charge in [-0.1, -0.05) is 49.4 Å². The van der Waals surface area contributed by atoms with E-state index in [-0.39, 0.29) is 0 Å². The summed E-state index contributed by atoms with van der Waals surface area (Å²) in [4.78, 5) is 5.49. The number of aromatic nitrogens is 3. The van der Waals surface area contributed by atoms with Crippen LogP contribution in [0.15, 0.2) is 36.0 Å². The van der Waals surface area contributed by atoms with Crippen LogP contribution in [0.3, 0.4) is 0 Å². The summed E-state index contributed by atoms with van der Waals surface area (Å²) in [5.74, 6) is 0.693. The molecule has 92 valence electrons. The average Bonchev–Trinajstić information content (AvgIpc) is 2.89. The number of rotatable bonds is 3. The third-order valence-electron chi connectivity index (χ3n) is 2.88. The smallest absolute Gasteiger partial charge is 0.212 e. The maximum Gasteiger partial charge on any atom is 0.212 e. The van der Waals surface area contributed by atoms with Gasteiger partial charge in [0.25, 0.3) is 0 Å². The molecule has 0 N–H and O–H groups in total. The van der Waals surface area contributed by atoms with E-state index in [2.05, 4.69) is 48.2 Å². The molecule has 2 heterocycles. The molecule has 0 fully saturated rings. The molecule has 0 saturated heterocycles. The van der Waals surface area contributed by atoms with E-state index in [1.165, 1.54) is 5.56 Å². The van der Waals surface area contributed by atoms with Gasteiger partial charge in [-0.15, -0.1) is 0 Å². The fourth-order valence-corrected chi connectivity index (χ4v) is 2.66. The van der Waals surface area contributed by atoms with Gasteiger partial charge < -0.3 is 0 Å². The summed E-state index contributed by atoms with van der Waals surface area (Å²) in [6.45, 7) is 4.48. The normalized spacial score (nSPS) is 11.5. The fourth-order valence-electron chi connectivity index (χ4n) is 2.06. The van der Waals surface area contributed by atoms with E-state index in [4.69, 9.17) is 0 Å². The Morgan fingerprint density at radius 1 is 1.22 bits per heavy atom. The molecule has 0 unspecified atom stereocenters. The van der Waals surface area contributed by atoms with Gasteiger partial charge in [-0.25, -0.2) is 9.50 Å². The zero-order chi connectivity index (χ0) is 12.5. The lowest BCUT2D eigenvalue weighted by Gasteiger charge is -2.05. The maximum atomic E-state index is 4.55. The molecule has 0 bridgehead atoms. The highest BCUT2D eigenvalue weighted by atomic mass is 32.1. The van der Waals surface area contributed by atoms with Crippen molar-refractivity contribution in [2.24, 2.45) is 5.92 Å². The molecular weight excluding hydrogens is 242 g/mol. The van der Waals surface area contributed by atoms with Gasteiger partial charge in [0.2, 0.25) is 4.96 Å². The van der Waals surface area contributed by atoms with Crippen LogP contribution in [0, 0.1) is 5.92 Å². The Labute approximate surface area is 110 Å². The largest absolute Gasteiger partial charge is 0.217 e. The van der Waals surface area contributed by atoms with Crippen molar-refractivity contribution in [3.05, 3.63) is 41.5 Å². The molecular formula is C14H15N3S. The van der Waals surface area contributed by atoms with Crippen LogP contribution in [0.2, 0.25) is 0 Å². The molecule has 0 aliphatic carbocycles. The molecule has 3 nitrogen and oxygen atoms in total. The number of hydrogen-bond donors (Lipinski definition) is 0. The lowest BCUT2D eigenvalue weighted by Crippen LogP contribution is -1.93. The average molecular weight is 257 g/mol. The highest BCUT2D eigenvalue weighted by molar-refractivity contribution is 7.14. The topological polar surface area (TPSA) is 30.2 Å². The van der Waals surface area contributed by atoms with Crippen LogP contribution in [-0.2, 0) is 6.42 Å². The molecule has 0 amide bonds. The molecule has 0 atom stereocenters. The van der Waals surface area contributed by atoms with Crippen LogP contribution in [0.1, 0.15) is 19.4 Å². The minimum Gasteiger partial charge on any atom is -0.217 e. The van der Waals surface area contributed by atoms with E-state index in [9.17, 15) is 0 Å². The number of benzene rings is 1. The predicted octanol–water partition coefficient (Wildman–Crippen LogP) is 3.66. The molecule has 18 heavy (non-hydrogen) atoms. The molecule has 2 aromatic heterocycles. The van der Waals surface area contributed by atoms with Crippen molar-refractivity contribution in [2.45, 2.75) is 20.3 Å². The van der Waals surface area contributed by atoms with Crippen LogP contribution >= 0.6 is 11.3 Å². The van der Waals surface area contributed by atoms with E-state index in [1.807, 2.05) is 10.7 Å². The zero-order valence-electron chi connectivity index (χ0n) is 10.5. The molecule has 0 aliphatic rings. The van der Waals surface area contributed by atoms with Crippen LogP contribution < -0.4 is 0 Å². The van der Waals surface area contributed by atoms with Gasteiger partial charge >= 0.3 is 0 Å². The van der Waals surface area contributed by atoms with Crippen LogP contribution in [0.4, 0.5) is 0 Å². The lowest BCUT2D eigenvalue weighted by molar-refractivity contribution is 0.647. The van der Waals surface area contributed by atoms with Gasteiger partial charge in [0.1, 0.15) is 5.51 Å². The molecule has 1 aromatic carbocycles. The van der Waals surface area contributed by atoms with Gasteiger partial charge in [0.15, 0.2) is 0 Å². The second-order valence-corrected chi connectivity index (χ2v) is 5.70. The van der Waals surface area contributed by atoms with Crippen molar-refractivity contribution in [1.29, 1.82) is 0 Å². The van der Waals surface area contributed by atoms with Crippen molar-refractivity contribution >= 4 is 16.3 Å². The van der Waals surface area contributed by atoms with E-state index >= 15 is 0 Å². The molecule has 3 aromatic rings. The highest BCUT2D eigenvalue weighted by Gasteiger charge is 2.06. The minimum atomic E-state index is 0.693. The van der Waals surface area contributed by atoms with Crippen LogP contribution in [-0.4, -0.2) is 14.6 Å². The summed E-state index contributed by atoms with van der Waals surface area (Å²) in [5.41, 5.74) is 5.33. The zero-order valence-corrected chi connectivity index (χ0v) is 11.3. The maximum absolute atomic E-state index is 4.55. The molecule has 0 saturated carbocycles. The summed E-state index contributed by atoms with van der Waals surface area (Å²) in [6, 6.07) is 8.67. The highest BCUT2D eigenvalue weighted by Crippen LogP contribution is 2.21. The minimum absolute atomic E-state index is 0.693. The van der Waals surface area contributed by atoms with E-state index in [0.717, 1.165) is 22.6 Å². The monoisotopic (exact) mass is 257 g/mol. The molecule has 0 spiro atoms. The second kappa shape index (κ2) is 4.53. The van der Waals surface area contributed by atoms with E-state index in [1.54, 1.807) is 16.8 Å². The summed E-state index contributed by atoms with van der Waals surface area (Å²) in [7, 11) is 0. The molecule has 0 radical (unpaired) electrons. The Morgan fingerprint density at radius 3 is 2.67 bits per heavy atom. The Hall–Kier alpha value is -1.68. The first-order chi connectivity index (χ1) is 8.72. The number of nitrogens with zero attached hydrogens (tertiary/aromatic N) is 3. The Morgan fingerprint density at radius 2 is 2.00 bits per heavy atom.